The zero-order valence-electron chi connectivity index (χ0n) is 9.50. The van der Waals surface area contributed by atoms with Crippen LogP contribution in [0.5, 0.6) is 11.5 Å². The first-order chi connectivity index (χ1) is 7.76. The van der Waals surface area contributed by atoms with E-state index in [4.69, 9.17) is 15.2 Å². The minimum absolute atomic E-state index is 0.472. The second-order valence-electron chi connectivity index (χ2n) is 3.24. The van der Waals surface area contributed by atoms with E-state index in [1.54, 1.807) is 20.3 Å². The van der Waals surface area contributed by atoms with Crippen molar-refractivity contribution in [1.29, 1.82) is 0 Å². The van der Waals surface area contributed by atoms with Crippen LogP contribution in [0, 0.1) is 0 Å². The van der Waals surface area contributed by atoms with Crippen LogP contribution < -0.4 is 15.2 Å². The molecule has 0 fully saturated rings. The molecule has 0 bridgehead atoms. The lowest BCUT2D eigenvalue weighted by Gasteiger charge is -2.12. The Balaban J connectivity index is 3.22. The molecule has 0 aromatic heterocycles. The van der Waals surface area contributed by atoms with E-state index in [0.29, 0.717) is 36.4 Å². The molecule has 0 aliphatic carbocycles. The van der Waals surface area contributed by atoms with Crippen molar-refractivity contribution in [1.82, 2.24) is 0 Å². The first kappa shape index (κ1) is 12.5. The number of hydrogen-bond donors (Lipinski definition) is 1. The number of rotatable bonds is 5. The van der Waals surface area contributed by atoms with Gasteiger partial charge in [0.1, 0.15) is 11.5 Å². The van der Waals surface area contributed by atoms with Crippen LogP contribution in [0.25, 0.3) is 6.08 Å². The maximum absolute atomic E-state index is 12.2. The summed E-state index contributed by atoms with van der Waals surface area (Å²) in [5, 5.41) is 0. The summed E-state index contributed by atoms with van der Waals surface area (Å²) in [6, 6.07) is 3.56. The second kappa shape index (κ2) is 6.12. The largest absolute Gasteiger partial charge is 0.496 e. The monoisotopic (exact) mass is 225 g/mol. The molecule has 0 heterocycles. The predicted octanol–water partition coefficient (Wildman–Crippen LogP) is 2.15. The van der Waals surface area contributed by atoms with Crippen LogP contribution in [0.1, 0.15) is 11.1 Å². The highest BCUT2D eigenvalue weighted by Gasteiger charge is 2.08. The first-order valence-corrected chi connectivity index (χ1v) is 4.98. The first-order valence-electron chi connectivity index (χ1n) is 4.98. The number of hydrogen-bond acceptors (Lipinski definition) is 3. The summed E-state index contributed by atoms with van der Waals surface area (Å²) < 4.78 is 22.6. The van der Waals surface area contributed by atoms with E-state index in [9.17, 15) is 4.39 Å². The van der Waals surface area contributed by atoms with Crippen molar-refractivity contribution in [2.24, 2.45) is 5.73 Å². The minimum atomic E-state index is 0.472. The molecule has 0 unspecified atom stereocenters. The van der Waals surface area contributed by atoms with E-state index in [1.807, 2.05) is 6.07 Å². The molecular formula is C12H16FNO2. The molecule has 0 aliphatic heterocycles. The number of benzene rings is 1. The van der Waals surface area contributed by atoms with Gasteiger partial charge in [0.05, 0.1) is 20.5 Å². The highest BCUT2D eigenvalue weighted by molar-refractivity contribution is 5.61. The van der Waals surface area contributed by atoms with Crippen molar-refractivity contribution in [3.63, 3.8) is 0 Å². The Morgan fingerprint density at radius 2 is 1.94 bits per heavy atom. The van der Waals surface area contributed by atoms with Crippen LogP contribution >= 0.6 is 0 Å². The number of ether oxygens (including phenoxy) is 2. The van der Waals surface area contributed by atoms with Crippen molar-refractivity contribution < 1.29 is 13.9 Å². The van der Waals surface area contributed by atoms with Gasteiger partial charge < -0.3 is 15.2 Å². The molecule has 0 amide bonds. The van der Waals surface area contributed by atoms with Gasteiger partial charge in [0.15, 0.2) is 0 Å². The minimum Gasteiger partial charge on any atom is -0.496 e. The van der Waals surface area contributed by atoms with Crippen molar-refractivity contribution in [3.05, 3.63) is 29.6 Å². The average Bonchev–Trinajstić information content (AvgIpc) is 2.31. The fourth-order valence-corrected chi connectivity index (χ4v) is 1.53. The Kier molecular flexibility index (Phi) is 4.79. The van der Waals surface area contributed by atoms with Crippen molar-refractivity contribution in [2.45, 2.75) is 6.42 Å². The fourth-order valence-electron chi connectivity index (χ4n) is 1.53. The van der Waals surface area contributed by atoms with Gasteiger partial charge >= 0.3 is 0 Å². The van der Waals surface area contributed by atoms with Gasteiger partial charge in [0.25, 0.3) is 0 Å². The number of nitrogens with two attached hydrogens (primary N) is 1. The van der Waals surface area contributed by atoms with E-state index in [-0.39, 0.29) is 0 Å². The van der Waals surface area contributed by atoms with Gasteiger partial charge in [-0.25, -0.2) is 4.39 Å². The molecule has 1 aromatic carbocycles. The lowest BCUT2D eigenvalue weighted by Crippen LogP contribution is -2.05. The highest BCUT2D eigenvalue weighted by Crippen LogP contribution is 2.30. The van der Waals surface area contributed by atoms with Gasteiger partial charge in [-0.15, -0.1) is 0 Å². The summed E-state index contributed by atoms with van der Waals surface area (Å²) in [6.45, 7) is 0.526. The maximum atomic E-state index is 12.2. The SMILES string of the molecule is COc1cc(CCN)c(OC)cc1/C=C/F. The summed E-state index contributed by atoms with van der Waals surface area (Å²) in [4.78, 5) is 0. The molecule has 0 saturated carbocycles. The Hall–Kier alpha value is -1.55. The van der Waals surface area contributed by atoms with E-state index in [1.165, 1.54) is 6.08 Å². The van der Waals surface area contributed by atoms with Crippen LogP contribution in [0.3, 0.4) is 0 Å². The topological polar surface area (TPSA) is 44.5 Å². The zero-order valence-corrected chi connectivity index (χ0v) is 9.50. The lowest BCUT2D eigenvalue weighted by molar-refractivity contribution is 0.398. The summed E-state index contributed by atoms with van der Waals surface area (Å²) in [7, 11) is 3.12. The standard InChI is InChI=1S/C12H16FNO2/c1-15-11-8-10(4-6-14)12(16-2)7-9(11)3-5-13/h3,5,7-8H,4,6,14H2,1-2H3/b5-3+. The smallest absolute Gasteiger partial charge is 0.126 e. The number of methoxy groups -OCH3 is 2. The molecule has 0 atom stereocenters. The van der Waals surface area contributed by atoms with Gasteiger partial charge in [-0.2, -0.15) is 0 Å². The normalized spacial score (nSPS) is 10.8. The summed E-state index contributed by atoms with van der Waals surface area (Å²) in [6.07, 6.45) is 2.49. The van der Waals surface area contributed by atoms with E-state index in [0.717, 1.165) is 5.56 Å². The molecule has 0 saturated heterocycles. The lowest BCUT2D eigenvalue weighted by atomic mass is 10.1. The number of halogens is 1. The Morgan fingerprint density at radius 1 is 1.25 bits per heavy atom. The predicted molar refractivity (Wildman–Crippen MR) is 62.4 cm³/mol. The van der Waals surface area contributed by atoms with E-state index in [2.05, 4.69) is 0 Å². The molecule has 2 N–H and O–H groups in total. The molecule has 0 radical (unpaired) electrons. The molecular weight excluding hydrogens is 209 g/mol. The van der Waals surface area contributed by atoms with Gasteiger partial charge in [0, 0.05) is 5.56 Å². The Morgan fingerprint density at radius 3 is 2.44 bits per heavy atom. The molecule has 0 spiro atoms. The summed E-state index contributed by atoms with van der Waals surface area (Å²) in [5.41, 5.74) is 7.10. The van der Waals surface area contributed by atoms with Crippen LogP contribution in [0.4, 0.5) is 4.39 Å². The third-order valence-electron chi connectivity index (χ3n) is 2.29. The molecule has 1 aromatic rings. The molecule has 88 valence electrons. The molecule has 16 heavy (non-hydrogen) atoms. The summed E-state index contributed by atoms with van der Waals surface area (Å²) in [5.74, 6) is 1.30. The average molecular weight is 225 g/mol. The molecule has 3 nitrogen and oxygen atoms in total. The van der Waals surface area contributed by atoms with Crippen LogP contribution in [0.2, 0.25) is 0 Å². The quantitative estimate of drug-likeness (QED) is 0.835. The van der Waals surface area contributed by atoms with Crippen molar-refractivity contribution in [2.75, 3.05) is 20.8 Å². The fraction of sp³-hybridized carbons (Fsp3) is 0.333. The van der Waals surface area contributed by atoms with Gasteiger partial charge in [-0.3, -0.25) is 0 Å². The highest BCUT2D eigenvalue weighted by atomic mass is 19.1. The van der Waals surface area contributed by atoms with Crippen LogP contribution in [0.15, 0.2) is 18.5 Å². The third kappa shape index (κ3) is 2.73. The summed E-state index contributed by atoms with van der Waals surface area (Å²) >= 11 is 0. The van der Waals surface area contributed by atoms with Crippen LogP contribution in [-0.2, 0) is 6.42 Å². The van der Waals surface area contributed by atoms with E-state index < -0.39 is 0 Å². The molecule has 1 rings (SSSR count). The van der Waals surface area contributed by atoms with Gasteiger partial charge in [-0.05, 0) is 36.7 Å². The third-order valence-corrected chi connectivity index (χ3v) is 2.29. The Bertz CT molecular complexity index is 378. The van der Waals surface area contributed by atoms with Crippen molar-refractivity contribution in [3.8, 4) is 11.5 Å². The Labute approximate surface area is 94.7 Å². The van der Waals surface area contributed by atoms with Crippen LogP contribution in [-0.4, -0.2) is 20.8 Å². The van der Waals surface area contributed by atoms with Gasteiger partial charge in [-0.1, -0.05) is 0 Å². The molecule has 4 heteroatoms. The zero-order chi connectivity index (χ0) is 12.0. The van der Waals surface area contributed by atoms with E-state index >= 15 is 0 Å². The molecule has 0 aliphatic rings. The van der Waals surface area contributed by atoms with Gasteiger partial charge in [0.2, 0.25) is 0 Å². The second-order valence-corrected chi connectivity index (χ2v) is 3.24. The van der Waals surface area contributed by atoms with Crippen molar-refractivity contribution >= 4 is 6.08 Å². The maximum Gasteiger partial charge on any atom is 0.126 e.